The summed E-state index contributed by atoms with van der Waals surface area (Å²) < 4.78 is 34.0. The smallest absolute Gasteiger partial charge is 0.243 e. The minimum absolute atomic E-state index is 0.162. The van der Waals surface area contributed by atoms with E-state index in [9.17, 15) is 13.2 Å². The van der Waals surface area contributed by atoms with Crippen LogP contribution in [-0.4, -0.2) is 85.7 Å². The van der Waals surface area contributed by atoms with Crippen LogP contribution >= 0.6 is 11.6 Å². The molecule has 0 spiro atoms. The summed E-state index contributed by atoms with van der Waals surface area (Å²) in [6.45, 7) is 4.53. The van der Waals surface area contributed by atoms with E-state index in [1.807, 2.05) is 43.3 Å². The molecule has 39 heavy (non-hydrogen) atoms. The van der Waals surface area contributed by atoms with E-state index in [2.05, 4.69) is 15.1 Å². The van der Waals surface area contributed by atoms with Gasteiger partial charge in [-0.3, -0.25) is 4.79 Å². The lowest BCUT2D eigenvalue weighted by atomic mass is 10.1. The Bertz CT molecular complexity index is 1390. The van der Waals surface area contributed by atoms with Gasteiger partial charge in [0.25, 0.3) is 0 Å². The van der Waals surface area contributed by atoms with Gasteiger partial charge in [-0.1, -0.05) is 47.5 Å². The molecule has 3 heterocycles. The monoisotopic (exact) mass is 569 g/mol. The SMILES string of the molecule is Cc1ccc(S(=O)(=O)N(CC(=O)N2CCN(c3ccc(-c4ccccc4Cl)nn3)CC2)C[C@@H]2CCCO2)cc1. The molecule has 1 aromatic heterocycles. The van der Waals surface area contributed by atoms with E-state index in [1.54, 1.807) is 29.2 Å². The van der Waals surface area contributed by atoms with Crippen molar-refractivity contribution in [2.45, 2.75) is 30.8 Å². The molecule has 9 nitrogen and oxygen atoms in total. The lowest BCUT2D eigenvalue weighted by molar-refractivity contribution is -0.131. The molecule has 206 valence electrons. The number of benzene rings is 2. The first kappa shape index (κ1) is 27.5. The normalized spacial score (nSPS) is 18.1. The molecule has 0 unspecified atom stereocenters. The standard InChI is InChI=1S/C28H32ClN5O4S/c1-21-8-10-23(11-9-21)39(36,37)34(19-22-5-4-18-38-22)20-28(35)33-16-14-32(15-17-33)27-13-12-26(30-31-27)24-6-2-3-7-25(24)29/h2-3,6-13,22H,4-5,14-20H2,1H3/t22-/m0/s1. The lowest BCUT2D eigenvalue weighted by Crippen LogP contribution is -2.52. The highest BCUT2D eigenvalue weighted by atomic mass is 35.5. The number of ether oxygens (including phenoxy) is 1. The van der Waals surface area contributed by atoms with Crippen molar-refractivity contribution < 1.29 is 17.9 Å². The van der Waals surface area contributed by atoms with Crippen LogP contribution in [0.2, 0.25) is 5.02 Å². The van der Waals surface area contributed by atoms with Gasteiger partial charge in [-0.2, -0.15) is 4.31 Å². The zero-order valence-corrected chi connectivity index (χ0v) is 23.4. The Hall–Kier alpha value is -3.05. The first-order chi connectivity index (χ1) is 18.8. The number of anilines is 1. The van der Waals surface area contributed by atoms with Gasteiger partial charge in [-0.25, -0.2) is 8.42 Å². The van der Waals surface area contributed by atoms with Gasteiger partial charge in [-0.15, -0.1) is 10.2 Å². The molecule has 2 aromatic carbocycles. The number of rotatable bonds is 8. The van der Waals surface area contributed by atoms with Gasteiger partial charge in [0.05, 0.1) is 28.3 Å². The van der Waals surface area contributed by atoms with Crippen molar-refractivity contribution in [1.82, 2.24) is 19.4 Å². The molecular weight excluding hydrogens is 538 g/mol. The molecule has 1 amide bonds. The fourth-order valence-electron chi connectivity index (χ4n) is 4.86. The first-order valence-electron chi connectivity index (χ1n) is 13.1. The van der Waals surface area contributed by atoms with Crippen LogP contribution in [-0.2, 0) is 19.6 Å². The summed E-state index contributed by atoms with van der Waals surface area (Å²) in [4.78, 5) is 17.3. The maximum atomic E-state index is 13.5. The van der Waals surface area contributed by atoms with Crippen molar-refractivity contribution in [3.8, 4) is 11.3 Å². The topological polar surface area (TPSA) is 95.9 Å². The summed E-state index contributed by atoms with van der Waals surface area (Å²) >= 11 is 6.28. The molecule has 2 saturated heterocycles. The zero-order chi connectivity index (χ0) is 27.4. The summed E-state index contributed by atoms with van der Waals surface area (Å²) in [5.41, 5.74) is 2.48. The highest BCUT2D eigenvalue weighted by Crippen LogP contribution is 2.26. The minimum Gasteiger partial charge on any atom is -0.377 e. The molecule has 1 atom stereocenters. The molecule has 11 heteroatoms. The van der Waals surface area contributed by atoms with Gasteiger partial charge in [-0.05, 0) is 50.1 Å². The second-order valence-corrected chi connectivity index (χ2v) is 12.2. The first-order valence-corrected chi connectivity index (χ1v) is 14.9. The van der Waals surface area contributed by atoms with Crippen molar-refractivity contribution in [3.63, 3.8) is 0 Å². The number of halogens is 1. The highest BCUT2D eigenvalue weighted by molar-refractivity contribution is 7.89. The molecule has 0 N–H and O–H groups in total. The number of sulfonamides is 1. The van der Waals surface area contributed by atoms with Gasteiger partial charge < -0.3 is 14.5 Å². The quantitative estimate of drug-likeness (QED) is 0.409. The van der Waals surface area contributed by atoms with E-state index in [-0.39, 0.29) is 30.0 Å². The Morgan fingerprint density at radius 2 is 1.77 bits per heavy atom. The number of carbonyl (C=O) groups excluding carboxylic acids is 1. The van der Waals surface area contributed by atoms with Crippen LogP contribution in [0.1, 0.15) is 18.4 Å². The van der Waals surface area contributed by atoms with Crippen LogP contribution in [0.15, 0.2) is 65.6 Å². The molecule has 0 bridgehead atoms. The van der Waals surface area contributed by atoms with Crippen molar-refractivity contribution in [2.75, 3.05) is 50.8 Å². The van der Waals surface area contributed by atoms with Crippen molar-refractivity contribution in [2.24, 2.45) is 0 Å². The summed E-state index contributed by atoms with van der Waals surface area (Å²) in [5, 5.41) is 9.34. The van der Waals surface area contributed by atoms with E-state index >= 15 is 0 Å². The van der Waals surface area contributed by atoms with Crippen LogP contribution in [0, 0.1) is 6.92 Å². The number of hydrogen-bond acceptors (Lipinski definition) is 7. The van der Waals surface area contributed by atoms with E-state index in [4.69, 9.17) is 16.3 Å². The summed E-state index contributed by atoms with van der Waals surface area (Å²) in [7, 11) is -3.86. The number of carbonyl (C=O) groups is 1. The highest BCUT2D eigenvalue weighted by Gasteiger charge is 2.33. The number of piperazine rings is 1. The fraction of sp³-hybridized carbons (Fsp3) is 0.393. The Labute approximate surface area is 234 Å². The maximum Gasteiger partial charge on any atom is 0.243 e. The van der Waals surface area contributed by atoms with Crippen molar-refractivity contribution in [3.05, 3.63) is 71.2 Å². The van der Waals surface area contributed by atoms with E-state index < -0.39 is 10.0 Å². The maximum absolute atomic E-state index is 13.5. The van der Waals surface area contributed by atoms with Gasteiger partial charge in [0, 0.05) is 44.9 Å². The van der Waals surface area contributed by atoms with E-state index in [0.717, 1.165) is 29.8 Å². The predicted molar refractivity (Wildman–Crippen MR) is 150 cm³/mol. The van der Waals surface area contributed by atoms with Crippen molar-refractivity contribution >= 4 is 33.3 Å². The Morgan fingerprint density at radius 3 is 2.41 bits per heavy atom. The average molecular weight is 570 g/mol. The van der Waals surface area contributed by atoms with Crippen LogP contribution < -0.4 is 4.90 Å². The summed E-state index contributed by atoms with van der Waals surface area (Å²) in [6, 6.07) is 18.0. The van der Waals surface area contributed by atoms with Crippen LogP contribution in [0.4, 0.5) is 5.82 Å². The Morgan fingerprint density at radius 1 is 1.03 bits per heavy atom. The van der Waals surface area contributed by atoms with E-state index in [0.29, 0.717) is 43.5 Å². The fourth-order valence-corrected chi connectivity index (χ4v) is 6.52. The molecular formula is C28H32ClN5O4S. The molecule has 2 fully saturated rings. The number of aryl methyl sites for hydroxylation is 1. The second kappa shape index (κ2) is 12.0. The molecule has 2 aliphatic rings. The molecule has 3 aromatic rings. The minimum atomic E-state index is -3.86. The number of amides is 1. The van der Waals surface area contributed by atoms with Crippen LogP contribution in [0.3, 0.4) is 0 Å². The van der Waals surface area contributed by atoms with Crippen LogP contribution in [0.5, 0.6) is 0 Å². The lowest BCUT2D eigenvalue weighted by Gasteiger charge is -2.36. The molecule has 0 aliphatic carbocycles. The van der Waals surface area contributed by atoms with Crippen LogP contribution in [0.25, 0.3) is 11.3 Å². The molecule has 0 radical (unpaired) electrons. The third kappa shape index (κ3) is 6.41. The van der Waals surface area contributed by atoms with Crippen molar-refractivity contribution in [1.29, 1.82) is 0 Å². The predicted octanol–water partition coefficient (Wildman–Crippen LogP) is 3.62. The number of hydrogen-bond donors (Lipinski definition) is 0. The molecule has 0 saturated carbocycles. The summed E-state index contributed by atoms with van der Waals surface area (Å²) in [5.74, 6) is 0.503. The van der Waals surface area contributed by atoms with E-state index in [1.165, 1.54) is 4.31 Å². The zero-order valence-electron chi connectivity index (χ0n) is 21.9. The summed E-state index contributed by atoms with van der Waals surface area (Å²) in [6.07, 6.45) is 1.46. The second-order valence-electron chi connectivity index (χ2n) is 9.87. The largest absolute Gasteiger partial charge is 0.377 e. The third-order valence-electron chi connectivity index (χ3n) is 7.16. The Kier molecular flexibility index (Phi) is 8.46. The molecule has 5 rings (SSSR count). The number of nitrogens with zero attached hydrogens (tertiary/aromatic N) is 5. The third-order valence-corrected chi connectivity index (χ3v) is 9.31. The van der Waals surface area contributed by atoms with Gasteiger partial charge in [0.15, 0.2) is 5.82 Å². The number of aromatic nitrogens is 2. The Balaban J connectivity index is 1.23. The van der Waals surface area contributed by atoms with Gasteiger partial charge >= 0.3 is 0 Å². The molecule has 2 aliphatic heterocycles. The average Bonchev–Trinajstić information content (AvgIpc) is 3.47. The van der Waals surface area contributed by atoms with Gasteiger partial charge in [0.2, 0.25) is 15.9 Å². The van der Waals surface area contributed by atoms with Gasteiger partial charge in [0.1, 0.15) is 0 Å².